The van der Waals surface area contributed by atoms with Crippen LogP contribution in [0.4, 0.5) is 10.5 Å². The second kappa shape index (κ2) is 8.33. The highest BCUT2D eigenvalue weighted by molar-refractivity contribution is 6.33. The molecule has 0 radical (unpaired) electrons. The molecule has 0 saturated heterocycles. The lowest BCUT2D eigenvalue weighted by molar-refractivity contribution is 0.0998. The van der Waals surface area contributed by atoms with E-state index in [9.17, 15) is 9.59 Å². The van der Waals surface area contributed by atoms with E-state index in [0.29, 0.717) is 18.5 Å². The van der Waals surface area contributed by atoms with Crippen LogP contribution >= 0.6 is 11.6 Å². The lowest BCUT2D eigenvalue weighted by Gasteiger charge is -2.28. The summed E-state index contributed by atoms with van der Waals surface area (Å²) in [5, 5.41) is 4.34. The minimum atomic E-state index is -0.598. The number of para-hydroxylation sites is 1. The number of amides is 3. The molecule has 1 aliphatic heterocycles. The summed E-state index contributed by atoms with van der Waals surface area (Å²) in [6, 6.07) is 17.3. The van der Waals surface area contributed by atoms with Gasteiger partial charge in [-0.2, -0.15) is 0 Å². The van der Waals surface area contributed by atoms with E-state index in [0.717, 1.165) is 34.5 Å². The van der Waals surface area contributed by atoms with Crippen LogP contribution < -0.4 is 11.1 Å². The molecule has 0 bridgehead atoms. The first-order valence-electron chi connectivity index (χ1n) is 10.9. The summed E-state index contributed by atoms with van der Waals surface area (Å²) in [7, 11) is 0. The molecule has 0 fully saturated rings. The molecule has 168 valence electrons. The van der Waals surface area contributed by atoms with Crippen molar-refractivity contribution >= 4 is 40.1 Å². The van der Waals surface area contributed by atoms with Gasteiger partial charge in [0.25, 0.3) is 5.91 Å². The quantitative estimate of drug-likeness (QED) is 0.457. The fourth-order valence-electron chi connectivity index (χ4n) is 4.60. The van der Waals surface area contributed by atoms with Crippen molar-refractivity contribution in [2.45, 2.75) is 26.4 Å². The molecular weight excluding hydrogens is 438 g/mol. The molecule has 2 aromatic carbocycles. The summed E-state index contributed by atoms with van der Waals surface area (Å²) in [6.07, 6.45) is 2.60. The number of anilines is 1. The van der Waals surface area contributed by atoms with E-state index < -0.39 is 5.91 Å². The summed E-state index contributed by atoms with van der Waals surface area (Å²) in [4.78, 5) is 27.0. The summed E-state index contributed by atoms with van der Waals surface area (Å²) >= 11 is 6.62. The Kier molecular flexibility index (Phi) is 5.34. The van der Waals surface area contributed by atoms with Crippen molar-refractivity contribution in [1.29, 1.82) is 0 Å². The second-order valence-electron chi connectivity index (χ2n) is 8.10. The number of rotatable bonds is 4. The van der Waals surface area contributed by atoms with Gasteiger partial charge in [-0.15, -0.1) is 0 Å². The molecule has 5 rings (SSSR count). The summed E-state index contributed by atoms with van der Waals surface area (Å²) in [5.74, 6) is -0.598. The number of primary amides is 1. The van der Waals surface area contributed by atoms with Crippen molar-refractivity contribution in [3.8, 4) is 5.69 Å². The monoisotopic (exact) mass is 461 g/mol. The van der Waals surface area contributed by atoms with Gasteiger partial charge in [0.15, 0.2) is 0 Å². The molecule has 1 aliphatic rings. The number of halogens is 1. The van der Waals surface area contributed by atoms with Gasteiger partial charge < -0.3 is 25.1 Å². The average molecular weight is 462 g/mol. The maximum atomic E-state index is 13.1. The number of aromatic nitrogens is 2. The van der Waals surface area contributed by atoms with Crippen LogP contribution in [-0.4, -0.2) is 32.5 Å². The number of carbonyl (C=O) groups is 2. The predicted octanol–water partition coefficient (Wildman–Crippen LogP) is 4.79. The molecular formula is C25H24ClN5O2. The van der Waals surface area contributed by atoms with E-state index in [1.807, 2.05) is 65.4 Å². The Labute approximate surface area is 196 Å². The van der Waals surface area contributed by atoms with Crippen molar-refractivity contribution in [2.24, 2.45) is 5.73 Å². The molecule has 0 unspecified atom stereocenters. The molecule has 3 heterocycles. The van der Waals surface area contributed by atoms with Crippen LogP contribution in [0, 0.1) is 0 Å². The van der Waals surface area contributed by atoms with Gasteiger partial charge in [0, 0.05) is 59.2 Å². The number of nitrogens with zero attached hydrogens (tertiary/aromatic N) is 3. The summed E-state index contributed by atoms with van der Waals surface area (Å²) in [6.45, 7) is 3.74. The Balaban J connectivity index is 1.43. The lowest BCUT2D eigenvalue weighted by atomic mass is 10.0. The standard InChI is InChI=1S/C25H24ClN5O2/c1-2-29-12-10-16-14-17(8-9-20(16)29)28-25(33)30-13-11-21-19(15-30)22(24(27)32)23(26)31(21)18-6-4-3-5-7-18/h3-10,12,14H,2,11,13,15H2,1H3,(H2,27,32)(H,28,33). The van der Waals surface area contributed by atoms with E-state index in [1.165, 1.54) is 0 Å². The molecule has 0 aliphatic carbocycles. The van der Waals surface area contributed by atoms with E-state index in [1.54, 1.807) is 4.90 Å². The van der Waals surface area contributed by atoms with Crippen LogP contribution in [-0.2, 0) is 19.5 Å². The Morgan fingerprint density at radius 2 is 1.91 bits per heavy atom. The van der Waals surface area contributed by atoms with Crippen LogP contribution in [0.2, 0.25) is 5.15 Å². The fraction of sp³-hybridized carbons (Fsp3) is 0.200. The Morgan fingerprint density at radius 3 is 2.64 bits per heavy atom. The zero-order valence-corrected chi connectivity index (χ0v) is 19.0. The smallest absolute Gasteiger partial charge is 0.322 e. The van der Waals surface area contributed by atoms with Crippen molar-refractivity contribution in [1.82, 2.24) is 14.0 Å². The number of nitrogens with two attached hydrogens (primary N) is 1. The van der Waals surface area contributed by atoms with Crippen molar-refractivity contribution < 1.29 is 9.59 Å². The molecule has 33 heavy (non-hydrogen) atoms. The normalized spacial score (nSPS) is 13.2. The summed E-state index contributed by atoms with van der Waals surface area (Å²) < 4.78 is 4.01. The third kappa shape index (κ3) is 3.64. The van der Waals surface area contributed by atoms with Gasteiger partial charge in [-0.1, -0.05) is 29.8 Å². The van der Waals surface area contributed by atoms with Crippen LogP contribution in [0.15, 0.2) is 60.8 Å². The third-order valence-corrected chi connectivity index (χ3v) is 6.56. The van der Waals surface area contributed by atoms with Gasteiger partial charge in [-0.25, -0.2) is 4.79 Å². The maximum absolute atomic E-state index is 13.1. The minimum Gasteiger partial charge on any atom is -0.365 e. The zero-order valence-electron chi connectivity index (χ0n) is 18.2. The predicted molar refractivity (Wildman–Crippen MR) is 130 cm³/mol. The fourth-order valence-corrected chi connectivity index (χ4v) is 5.01. The first-order valence-corrected chi connectivity index (χ1v) is 11.3. The zero-order chi connectivity index (χ0) is 23.1. The number of carbonyl (C=O) groups excluding carboxylic acids is 2. The number of hydrogen-bond acceptors (Lipinski definition) is 2. The molecule has 7 nitrogen and oxygen atoms in total. The molecule has 4 aromatic rings. The van der Waals surface area contributed by atoms with Crippen LogP contribution in [0.25, 0.3) is 16.6 Å². The van der Waals surface area contributed by atoms with Gasteiger partial charge in [-0.05, 0) is 43.3 Å². The number of hydrogen-bond donors (Lipinski definition) is 2. The minimum absolute atomic E-state index is 0.228. The molecule has 0 spiro atoms. The van der Waals surface area contributed by atoms with E-state index in [2.05, 4.69) is 16.8 Å². The van der Waals surface area contributed by atoms with E-state index >= 15 is 0 Å². The number of fused-ring (bicyclic) bond motifs is 2. The summed E-state index contributed by atoms with van der Waals surface area (Å²) in [5.41, 5.74) is 10.3. The molecule has 3 amide bonds. The van der Waals surface area contributed by atoms with Crippen LogP contribution in [0.3, 0.4) is 0 Å². The first-order chi connectivity index (χ1) is 16.0. The van der Waals surface area contributed by atoms with Crippen molar-refractivity contribution in [3.63, 3.8) is 0 Å². The molecule has 0 atom stereocenters. The van der Waals surface area contributed by atoms with E-state index in [4.69, 9.17) is 17.3 Å². The maximum Gasteiger partial charge on any atom is 0.322 e. The highest BCUT2D eigenvalue weighted by Crippen LogP contribution is 2.34. The number of nitrogens with one attached hydrogen (secondary N) is 1. The Morgan fingerprint density at radius 1 is 1.12 bits per heavy atom. The van der Waals surface area contributed by atoms with Crippen molar-refractivity contribution in [2.75, 3.05) is 11.9 Å². The van der Waals surface area contributed by atoms with Gasteiger partial charge in [0.1, 0.15) is 5.15 Å². The Hall–Kier alpha value is -3.71. The molecule has 8 heteroatoms. The topological polar surface area (TPSA) is 85.3 Å². The third-order valence-electron chi connectivity index (χ3n) is 6.20. The first kappa shape index (κ1) is 21.2. The van der Waals surface area contributed by atoms with Crippen LogP contribution in [0.1, 0.15) is 28.5 Å². The molecule has 3 N–H and O–H groups in total. The number of urea groups is 1. The molecule has 0 saturated carbocycles. The second-order valence-corrected chi connectivity index (χ2v) is 8.46. The highest BCUT2D eigenvalue weighted by Gasteiger charge is 2.31. The van der Waals surface area contributed by atoms with Gasteiger partial charge in [0.2, 0.25) is 0 Å². The van der Waals surface area contributed by atoms with Gasteiger partial charge in [-0.3, -0.25) is 4.79 Å². The van der Waals surface area contributed by atoms with E-state index in [-0.39, 0.29) is 23.3 Å². The molecule has 2 aromatic heterocycles. The number of aryl methyl sites for hydroxylation is 1. The Bertz CT molecular complexity index is 1370. The SMILES string of the molecule is CCn1ccc2cc(NC(=O)N3CCc4c(c(C(N)=O)c(Cl)n4-c4ccccc4)C3)ccc21. The van der Waals surface area contributed by atoms with Crippen molar-refractivity contribution in [3.05, 3.63) is 82.8 Å². The number of benzene rings is 2. The average Bonchev–Trinajstić information content (AvgIpc) is 3.36. The van der Waals surface area contributed by atoms with Gasteiger partial charge in [0.05, 0.1) is 12.1 Å². The largest absolute Gasteiger partial charge is 0.365 e. The van der Waals surface area contributed by atoms with Gasteiger partial charge >= 0.3 is 6.03 Å². The highest BCUT2D eigenvalue weighted by atomic mass is 35.5. The van der Waals surface area contributed by atoms with Crippen LogP contribution in [0.5, 0.6) is 0 Å². The lowest BCUT2D eigenvalue weighted by Crippen LogP contribution is -2.39.